The molecule has 0 spiro atoms. The number of nitrogens with zero attached hydrogens (tertiary/aromatic N) is 5. The van der Waals surface area contributed by atoms with Gasteiger partial charge in [0.25, 0.3) is 0 Å². The van der Waals surface area contributed by atoms with E-state index in [1.807, 2.05) is 19.1 Å². The minimum absolute atomic E-state index is 0.225. The summed E-state index contributed by atoms with van der Waals surface area (Å²) in [6, 6.07) is 4.14. The lowest BCUT2D eigenvalue weighted by Gasteiger charge is -2.19. The molecular formula is C16H22N6O. The first kappa shape index (κ1) is 14.4. The van der Waals surface area contributed by atoms with Gasteiger partial charge in [0, 0.05) is 25.0 Å². The second-order valence-electron chi connectivity index (χ2n) is 6.63. The number of fused-ring (bicyclic) bond motifs is 1. The van der Waals surface area contributed by atoms with Gasteiger partial charge in [-0.25, -0.2) is 0 Å². The number of nitrogens with one attached hydrogen (secondary N) is 1. The molecule has 122 valence electrons. The number of hydrogen-bond acceptors (Lipinski definition) is 5. The van der Waals surface area contributed by atoms with Crippen LogP contribution in [0.1, 0.15) is 37.9 Å². The Labute approximate surface area is 135 Å². The normalized spacial score (nSPS) is 22.1. The first-order chi connectivity index (χ1) is 11.2. The number of carbonyl (C=O) groups is 1. The minimum Gasteiger partial charge on any atom is -0.353 e. The highest BCUT2D eigenvalue weighted by atomic mass is 16.2. The maximum absolute atomic E-state index is 12.3. The monoisotopic (exact) mass is 314 g/mol. The molecular weight excluding hydrogens is 292 g/mol. The molecule has 2 fully saturated rings. The fourth-order valence-electron chi connectivity index (χ4n) is 3.65. The molecule has 0 radical (unpaired) electrons. The molecule has 0 aromatic carbocycles. The van der Waals surface area contributed by atoms with Crippen LogP contribution in [0, 0.1) is 12.8 Å². The van der Waals surface area contributed by atoms with Crippen molar-refractivity contribution in [1.82, 2.24) is 25.1 Å². The minimum atomic E-state index is 0.225. The van der Waals surface area contributed by atoms with E-state index >= 15 is 0 Å². The van der Waals surface area contributed by atoms with Crippen LogP contribution in [0.5, 0.6) is 0 Å². The van der Waals surface area contributed by atoms with E-state index in [0.717, 1.165) is 49.6 Å². The van der Waals surface area contributed by atoms with Gasteiger partial charge in [0.05, 0.1) is 0 Å². The van der Waals surface area contributed by atoms with Crippen molar-refractivity contribution in [3.05, 3.63) is 18.0 Å². The molecule has 1 unspecified atom stereocenters. The Hall–Kier alpha value is -2.18. The summed E-state index contributed by atoms with van der Waals surface area (Å²) in [5.74, 6) is 2.18. The highest BCUT2D eigenvalue weighted by Gasteiger charge is 2.29. The third-order valence-corrected chi connectivity index (χ3v) is 4.99. The van der Waals surface area contributed by atoms with Crippen LogP contribution in [-0.2, 0) is 4.79 Å². The number of aromatic nitrogens is 4. The van der Waals surface area contributed by atoms with Crippen LogP contribution in [0.15, 0.2) is 12.1 Å². The first-order valence-electron chi connectivity index (χ1n) is 8.45. The van der Waals surface area contributed by atoms with Crippen molar-refractivity contribution in [1.29, 1.82) is 0 Å². The maximum atomic E-state index is 12.3. The summed E-state index contributed by atoms with van der Waals surface area (Å²) in [7, 11) is 0. The molecule has 1 saturated heterocycles. The van der Waals surface area contributed by atoms with E-state index in [-0.39, 0.29) is 17.9 Å². The molecule has 1 N–H and O–H groups in total. The molecule has 2 aliphatic rings. The summed E-state index contributed by atoms with van der Waals surface area (Å²) >= 11 is 0. The molecule has 23 heavy (non-hydrogen) atoms. The molecule has 2 aromatic rings. The van der Waals surface area contributed by atoms with Crippen LogP contribution in [0.4, 0.5) is 5.82 Å². The summed E-state index contributed by atoms with van der Waals surface area (Å²) in [6.07, 6.45) is 5.45. The first-order valence-corrected chi connectivity index (χ1v) is 8.45. The van der Waals surface area contributed by atoms with Crippen LogP contribution in [-0.4, -0.2) is 44.8 Å². The van der Waals surface area contributed by atoms with Gasteiger partial charge >= 0.3 is 0 Å². The fourth-order valence-corrected chi connectivity index (χ4v) is 3.65. The van der Waals surface area contributed by atoms with Crippen molar-refractivity contribution in [2.45, 2.75) is 45.1 Å². The number of amides is 1. The average molecular weight is 314 g/mol. The molecule has 0 bridgehead atoms. The molecule has 1 aliphatic heterocycles. The second-order valence-corrected chi connectivity index (χ2v) is 6.63. The lowest BCUT2D eigenvalue weighted by Crippen LogP contribution is -2.40. The number of anilines is 1. The largest absolute Gasteiger partial charge is 0.353 e. The van der Waals surface area contributed by atoms with Crippen molar-refractivity contribution in [3.8, 4) is 0 Å². The predicted molar refractivity (Wildman–Crippen MR) is 86.2 cm³/mol. The van der Waals surface area contributed by atoms with Gasteiger partial charge in [0.2, 0.25) is 5.91 Å². The molecule has 7 nitrogen and oxygen atoms in total. The molecule has 3 heterocycles. The number of aryl methyl sites for hydroxylation is 1. The molecule has 1 amide bonds. The topological polar surface area (TPSA) is 75.4 Å². The Morgan fingerprint density at radius 3 is 2.87 bits per heavy atom. The molecule has 4 rings (SSSR count). The summed E-state index contributed by atoms with van der Waals surface area (Å²) < 4.78 is 1.76. The van der Waals surface area contributed by atoms with Gasteiger partial charge in [0.1, 0.15) is 5.82 Å². The Kier molecular flexibility index (Phi) is 3.63. The lowest BCUT2D eigenvalue weighted by atomic mass is 10.1. The van der Waals surface area contributed by atoms with Gasteiger partial charge in [-0.3, -0.25) is 4.79 Å². The zero-order valence-corrected chi connectivity index (χ0v) is 13.4. The van der Waals surface area contributed by atoms with E-state index in [0.29, 0.717) is 0 Å². The third kappa shape index (κ3) is 2.75. The zero-order chi connectivity index (χ0) is 15.8. The molecule has 2 aromatic heterocycles. The average Bonchev–Trinajstić information content (AvgIpc) is 3.28. The number of hydrogen-bond donors (Lipinski definition) is 1. The highest BCUT2D eigenvalue weighted by Crippen LogP contribution is 2.25. The smallest absolute Gasteiger partial charge is 0.223 e. The van der Waals surface area contributed by atoms with Crippen LogP contribution < -0.4 is 10.2 Å². The second kappa shape index (κ2) is 5.79. The van der Waals surface area contributed by atoms with Gasteiger partial charge in [-0.05, 0) is 38.3 Å². The lowest BCUT2D eigenvalue weighted by molar-refractivity contribution is -0.125. The molecule has 1 saturated carbocycles. The van der Waals surface area contributed by atoms with E-state index in [9.17, 15) is 4.79 Å². The fraction of sp³-hybridized carbons (Fsp3) is 0.625. The maximum Gasteiger partial charge on any atom is 0.223 e. The van der Waals surface area contributed by atoms with Gasteiger partial charge in [0.15, 0.2) is 11.5 Å². The van der Waals surface area contributed by atoms with Gasteiger partial charge in [-0.15, -0.1) is 15.3 Å². The summed E-state index contributed by atoms with van der Waals surface area (Å²) in [5, 5.41) is 15.9. The van der Waals surface area contributed by atoms with Crippen molar-refractivity contribution >= 4 is 17.4 Å². The Bertz CT molecular complexity index is 720. The van der Waals surface area contributed by atoms with Crippen molar-refractivity contribution < 1.29 is 4.79 Å². The quantitative estimate of drug-likeness (QED) is 0.925. The van der Waals surface area contributed by atoms with Crippen molar-refractivity contribution in [2.24, 2.45) is 5.92 Å². The van der Waals surface area contributed by atoms with Gasteiger partial charge in [-0.2, -0.15) is 4.52 Å². The Balaban J connectivity index is 1.42. The Morgan fingerprint density at radius 1 is 1.22 bits per heavy atom. The SMILES string of the molecule is Cc1nnc2ccc(N3CCC(NC(=O)C4CCCC4)C3)nn12. The van der Waals surface area contributed by atoms with Crippen LogP contribution >= 0.6 is 0 Å². The van der Waals surface area contributed by atoms with E-state index in [2.05, 4.69) is 25.5 Å². The summed E-state index contributed by atoms with van der Waals surface area (Å²) in [5.41, 5.74) is 0.761. The Morgan fingerprint density at radius 2 is 2.04 bits per heavy atom. The zero-order valence-electron chi connectivity index (χ0n) is 13.4. The molecule has 7 heteroatoms. The highest BCUT2D eigenvalue weighted by molar-refractivity contribution is 5.79. The number of carbonyl (C=O) groups excluding carboxylic acids is 1. The predicted octanol–water partition coefficient (Wildman–Crippen LogP) is 1.32. The van der Waals surface area contributed by atoms with E-state index in [1.54, 1.807) is 4.52 Å². The van der Waals surface area contributed by atoms with Crippen LogP contribution in [0.3, 0.4) is 0 Å². The standard InChI is InChI=1S/C16H22N6O/c1-11-18-19-14-6-7-15(20-22(11)14)21-9-8-13(10-21)17-16(23)12-4-2-3-5-12/h6-7,12-13H,2-5,8-10H2,1H3,(H,17,23). The molecule has 1 atom stereocenters. The summed E-state index contributed by atoms with van der Waals surface area (Å²) in [6.45, 7) is 3.62. The van der Waals surface area contributed by atoms with Crippen molar-refractivity contribution in [3.63, 3.8) is 0 Å². The number of rotatable bonds is 3. The third-order valence-electron chi connectivity index (χ3n) is 4.99. The van der Waals surface area contributed by atoms with Crippen LogP contribution in [0.2, 0.25) is 0 Å². The van der Waals surface area contributed by atoms with Crippen molar-refractivity contribution in [2.75, 3.05) is 18.0 Å². The van der Waals surface area contributed by atoms with E-state index in [1.165, 1.54) is 12.8 Å². The van der Waals surface area contributed by atoms with E-state index < -0.39 is 0 Å². The van der Waals surface area contributed by atoms with E-state index in [4.69, 9.17) is 0 Å². The summed E-state index contributed by atoms with van der Waals surface area (Å²) in [4.78, 5) is 14.5. The molecule has 1 aliphatic carbocycles. The van der Waals surface area contributed by atoms with Gasteiger partial charge in [-0.1, -0.05) is 12.8 Å². The van der Waals surface area contributed by atoms with Crippen LogP contribution in [0.25, 0.3) is 5.65 Å². The van der Waals surface area contributed by atoms with Gasteiger partial charge < -0.3 is 10.2 Å².